The molecule has 0 amide bonds. The molecule has 16 nitrogen and oxygen atoms in total. The van der Waals surface area contributed by atoms with E-state index in [1.165, 1.54) is 0 Å². The van der Waals surface area contributed by atoms with E-state index in [0.717, 1.165) is 27.0 Å². The van der Waals surface area contributed by atoms with Crippen molar-refractivity contribution < 1.29 is 52.1 Å². The molecule has 3 aromatic rings. The second-order valence-corrected chi connectivity index (χ2v) is 10.7. The number of hydrogen-bond acceptors (Lipinski definition) is 11. The van der Waals surface area contributed by atoms with Crippen molar-refractivity contribution in [2.45, 2.75) is 38.0 Å². The molecule has 2 aromatic heterocycles. The number of fused-ring (bicyclic) bond motifs is 1. The summed E-state index contributed by atoms with van der Waals surface area (Å²) < 4.78 is 42.8. The predicted octanol–water partition coefficient (Wildman–Crippen LogP) is -0.647. The maximum Gasteiger partial charge on any atom is 0.481 e. The van der Waals surface area contributed by atoms with Crippen LogP contribution in [0.4, 0.5) is 0 Å². The van der Waals surface area contributed by atoms with Gasteiger partial charge in [-0.05, 0) is 18.6 Å². The average molecular weight is 549 g/mol. The van der Waals surface area contributed by atoms with Gasteiger partial charge in [0.1, 0.15) is 24.0 Å². The summed E-state index contributed by atoms with van der Waals surface area (Å²) in [5.74, 6) is 0. The number of ether oxygens (including phenoxy) is 1. The highest BCUT2D eigenvalue weighted by atomic mass is 31.3. The molecule has 0 aliphatic carbocycles. The number of para-hydroxylation sites is 1. The van der Waals surface area contributed by atoms with E-state index in [-0.39, 0.29) is 6.54 Å². The van der Waals surface area contributed by atoms with Gasteiger partial charge in [-0.2, -0.15) is 4.31 Å². The zero-order chi connectivity index (χ0) is 26.4. The zero-order valence-electron chi connectivity index (χ0n) is 18.3. The van der Waals surface area contributed by atoms with Crippen LogP contribution in [0.15, 0.2) is 44.6 Å². The number of phosphoric ester groups is 1. The molecule has 0 radical (unpaired) electrons. The standard InChI is InChI=1S/C18H21N3O13P2/c1-9-3-2-4-10-11(19-33-16(9)10)7-21-13(22)5-6-20(18(21)25)17-15(24)14(23)12(32-17)8-31-36(29,30)34-35(26,27)28/h2-6,12,14-15,17,23-24H,7-8H2,1H3,(H,29,30)(H2,26,27,28)/t12-,14+,15?,17-/m1/s1. The van der Waals surface area contributed by atoms with Crippen LogP contribution < -0.4 is 11.2 Å². The Morgan fingerprint density at radius 1 is 1.11 bits per heavy atom. The van der Waals surface area contributed by atoms with Crippen LogP contribution >= 0.6 is 15.6 Å². The highest BCUT2D eigenvalue weighted by Crippen LogP contribution is 2.57. The summed E-state index contributed by atoms with van der Waals surface area (Å²) in [6.07, 6.45) is -5.53. The first-order valence-corrected chi connectivity index (χ1v) is 13.2. The lowest BCUT2D eigenvalue weighted by molar-refractivity contribution is -0.0547. The van der Waals surface area contributed by atoms with E-state index in [0.29, 0.717) is 16.7 Å². The number of hydrogen-bond donors (Lipinski definition) is 5. The first-order valence-electron chi connectivity index (χ1n) is 10.2. The molecule has 0 spiro atoms. The molecule has 1 fully saturated rings. The minimum absolute atomic E-state index is 0.278. The lowest BCUT2D eigenvalue weighted by Gasteiger charge is -2.19. The third kappa shape index (κ3) is 5.43. The highest BCUT2D eigenvalue weighted by Gasteiger charge is 2.46. The van der Waals surface area contributed by atoms with Crippen LogP contribution in [0.25, 0.3) is 11.0 Å². The highest BCUT2D eigenvalue weighted by molar-refractivity contribution is 7.60. The topological polar surface area (TPSA) is 233 Å². The number of aryl methyl sites for hydroxylation is 1. The maximum absolute atomic E-state index is 13.1. The number of phosphoric acid groups is 2. The fourth-order valence-corrected chi connectivity index (χ4v) is 5.31. The molecule has 1 aromatic carbocycles. The van der Waals surface area contributed by atoms with Crippen LogP contribution in [0.2, 0.25) is 0 Å². The maximum atomic E-state index is 13.1. The Labute approximate surface area is 200 Å². The summed E-state index contributed by atoms with van der Waals surface area (Å²) >= 11 is 0. The lowest BCUT2D eigenvalue weighted by atomic mass is 10.1. The second kappa shape index (κ2) is 9.76. The zero-order valence-corrected chi connectivity index (χ0v) is 20.1. The molecule has 2 unspecified atom stereocenters. The minimum Gasteiger partial charge on any atom is -0.387 e. The lowest BCUT2D eigenvalue weighted by Crippen LogP contribution is -2.43. The number of aliphatic hydroxyl groups is 2. The molecule has 1 aliphatic heterocycles. The van der Waals surface area contributed by atoms with Crippen molar-refractivity contribution in [2.75, 3.05) is 6.61 Å². The first-order chi connectivity index (χ1) is 16.8. The second-order valence-electron chi connectivity index (χ2n) is 7.89. The summed E-state index contributed by atoms with van der Waals surface area (Å²) in [7, 11) is -10.6. The molecule has 5 N–H and O–H groups in total. The van der Waals surface area contributed by atoms with Crippen LogP contribution in [0.5, 0.6) is 0 Å². The molecule has 196 valence electrons. The fraction of sp³-hybridized carbons (Fsp3) is 0.389. The Kier molecular flexibility index (Phi) is 7.20. The van der Waals surface area contributed by atoms with Gasteiger partial charge in [0.05, 0.1) is 13.2 Å². The van der Waals surface area contributed by atoms with E-state index < -0.39 is 58.0 Å². The fourth-order valence-electron chi connectivity index (χ4n) is 3.71. The Morgan fingerprint density at radius 2 is 1.83 bits per heavy atom. The molecule has 18 heteroatoms. The van der Waals surface area contributed by atoms with Crippen molar-refractivity contribution in [3.05, 3.63) is 62.6 Å². The summed E-state index contributed by atoms with van der Waals surface area (Å²) in [5, 5.41) is 25.2. The van der Waals surface area contributed by atoms with Gasteiger partial charge < -0.3 is 34.2 Å². The average Bonchev–Trinajstić information content (AvgIpc) is 3.31. The van der Waals surface area contributed by atoms with E-state index in [9.17, 15) is 33.8 Å². The molecule has 5 atom stereocenters. The Morgan fingerprint density at radius 3 is 2.53 bits per heavy atom. The number of rotatable bonds is 8. The number of aliphatic hydroxyl groups excluding tert-OH is 2. The molecule has 0 bridgehead atoms. The van der Waals surface area contributed by atoms with Gasteiger partial charge in [-0.15, -0.1) is 0 Å². The van der Waals surface area contributed by atoms with Crippen LogP contribution in [0.1, 0.15) is 17.5 Å². The van der Waals surface area contributed by atoms with Crippen molar-refractivity contribution in [1.29, 1.82) is 0 Å². The normalized spacial score (nSPS) is 24.3. The third-order valence-corrected chi connectivity index (χ3v) is 7.55. The Balaban J connectivity index is 1.57. The van der Waals surface area contributed by atoms with Crippen LogP contribution in [-0.4, -0.2) is 64.1 Å². The molecule has 36 heavy (non-hydrogen) atoms. The SMILES string of the molecule is Cc1cccc2c(Cn3c(=O)ccn([C@@H]4O[C@H](COP(=O)(O)OP(=O)(O)O)[C@H](O)C4O)c3=O)noc12. The molecule has 3 heterocycles. The molecule has 1 saturated heterocycles. The van der Waals surface area contributed by atoms with Crippen molar-refractivity contribution >= 4 is 26.6 Å². The van der Waals surface area contributed by atoms with Gasteiger partial charge in [-0.25, -0.2) is 13.9 Å². The Bertz CT molecular complexity index is 1490. The van der Waals surface area contributed by atoms with Gasteiger partial charge in [-0.1, -0.05) is 17.3 Å². The van der Waals surface area contributed by atoms with Crippen molar-refractivity contribution in [1.82, 2.24) is 14.3 Å². The minimum atomic E-state index is -5.38. The first kappa shape index (κ1) is 26.6. The van der Waals surface area contributed by atoms with Gasteiger partial charge in [-0.3, -0.25) is 18.5 Å². The van der Waals surface area contributed by atoms with E-state index in [2.05, 4.69) is 14.0 Å². The third-order valence-electron chi connectivity index (χ3n) is 5.40. The summed E-state index contributed by atoms with van der Waals surface area (Å²) in [5.41, 5.74) is -0.0344. The van der Waals surface area contributed by atoms with Gasteiger partial charge in [0.15, 0.2) is 11.8 Å². The molecular weight excluding hydrogens is 528 g/mol. The van der Waals surface area contributed by atoms with Gasteiger partial charge in [0.25, 0.3) is 5.56 Å². The van der Waals surface area contributed by atoms with Gasteiger partial charge >= 0.3 is 21.3 Å². The summed E-state index contributed by atoms with van der Waals surface area (Å²) in [4.78, 5) is 52.3. The Hall–Kier alpha value is -2.49. The number of aromatic nitrogens is 3. The largest absolute Gasteiger partial charge is 0.481 e. The van der Waals surface area contributed by atoms with Crippen LogP contribution in [0, 0.1) is 6.92 Å². The van der Waals surface area contributed by atoms with Crippen molar-refractivity contribution in [3.8, 4) is 0 Å². The van der Waals surface area contributed by atoms with E-state index in [4.69, 9.17) is 19.0 Å². The number of benzene rings is 1. The van der Waals surface area contributed by atoms with Gasteiger partial charge in [0, 0.05) is 17.6 Å². The summed E-state index contributed by atoms with van der Waals surface area (Å²) in [6.45, 7) is 0.582. The monoisotopic (exact) mass is 549 g/mol. The van der Waals surface area contributed by atoms with E-state index >= 15 is 0 Å². The van der Waals surface area contributed by atoms with Crippen LogP contribution in [0.3, 0.4) is 0 Å². The van der Waals surface area contributed by atoms with E-state index in [1.807, 2.05) is 0 Å². The van der Waals surface area contributed by atoms with Crippen molar-refractivity contribution in [3.63, 3.8) is 0 Å². The smallest absolute Gasteiger partial charge is 0.387 e. The molecule has 0 saturated carbocycles. The van der Waals surface area contributed by atoms with Gasteiger partial charge in [0.2, 0.25) is 0 Å². The predicted molar refractivity (Wildman–Crippen MR) is 118 cm³/mol. The summed E-state index contributed by atoms with van der Waals surface area (Å²) in [6, 6.07) is 6.29. The van der Waals surface area contributed by atoms with E-state index in [1.54, 1.807) is 25.1 Å². The van der Waals surface area contributed by atoms with Crippen molar-refractivity contribution in [2.24, 2.45) is 0 Å². The van der Waals surface area contributed by atoms with Crippen LogP contribution in [-0.2, 0) is 29.2 Å². The number of nitrogens with zero attached hydrogens (tertiary/aromatic N) is 3. The quantitative estimate of drug-likeness (QED) is 0.220. The molecule has 1 aliphatic rings. The molecular formula is C18H21N3O13P2. The molecule has 4 rings (SSSR count).